The standard InChI is InChI=1S/C8H8N4.C5H9NO2.C5H10.3H2/c1-2-5-9-7(3-1)11-8-4-6-10-12-8;1-5(2-3-5)6-4(7)8;1-2-4-5-3-1;;;/h1-6H,(H2,9,10,11,12);6H,2-3H2,1H3,(H,7,8);1-5H2;3*1H. The third kappa shape index (κ3) is 8.19. The Kier molecular flexibility index (Phi) is 7.25. The van der Waals surface area contributed by atoms with Crippen LogP contribution in [0, 0.1) is 0 Å². The van der Waals surface area contributed by atoms with Crippen LogP contribution in [0.15, 0.2) is 36.7 Å². The van der Waals surface area contributed by atoms with Gasteiger partial charge in [-0.05, 0) is 31.9 Å². The summed E-state index contributed by atoms with van der Waals surface area (Å²) in [5.74, 6) is 1.65. The van der Waals surface area contributed by atoms with Gasteiger partial charge in [0.25, 0.3) is 0 Å². The average Bonchev–Trinajstić information content (AvgIpc) is 3.08. The quantitative estimate of drug-likeness (QED) is 0.620. The lowest BCUT2D eigenvalue weighted by molar-refractivity contribution is 0.189. The summed E-state index contributed by atoms with van der Waals surface area (Å²) in [5, 5.41) is 20.2. The molecule has 0 aromatic carbocycles. The number of amides is 1. The Labute approximate surface area is 152 Å². The number of carboxylic acid groups (broad SMARTS) is 1. The highest BCUT2D eigenvalue weighted by Gasteiger charge is 2.38. The van der Waals surface area contributed by atoms with E-state index in [9.17, 15) is 4.79 Å². The van der Waals surface area contributed by atoms with Gasteiger partial charge in [0.1, 0.15) is 11.6 Å². The lowest BCUT2D eigenvalue weighted by Gasteiger charge is -2.04. The van der Waals surface area contributed by atoms with Crippen LogP contribution in [0.5, 0.6) is 0 Å². The molecule has 25 heavy (non-hydrogen) atoms. The Morgan fingerprint density at radius 2 is 1.84 bits per heavy atom. The van der Waals surface area contributed by atoms with Crippen molar-refractivity contribution in [2.75, 3.05) is 5.32 Å². The van der Waals surface area contributed by atoms with E-state index in [4.69, 9.17) is 5.11 Å². The second-order valence-electron chi connectivity index (χ2n) is 6.57. The summed E-state index contributed by atoms with van der Waals surface area (Å²) in [7, 11) is 0. The van der Waals surface area contributed by atoms with Crippen LogP contribution in [0.1, 0.15) is 56.1 Å². The van der Waals surface area contributed by atoms with E-state index in [1.807, 2.05) is 31.2 Å². The van der Waals surface area contributed by atoms with Crippen LogP contribution in [0.2, 0.25) is 0 Å². The molecule has 2 heterocycles. The molecule has 0 atom stereocenters. The van der Waals surface area contributed by atoms with Crippen LogP contribution in [0.4, 0.5) is 16.4 Å². The van der Waals surface area contributed by atoms with Gasteiger partial charge in [0, 0.05) is 22.1 Å². The van der Waals surface area contributed by atoms with Crippen molar-refractivity contribution in [3.05, 3.63) is 36.7 Å². The molecule has 2 aliphatic carbocycles. The molecule has 0 unspecified atom stereocenters. The molecular formula is C18H33N5O2. The highest BCUT2D eigenvalue weighted by Crippen LogP contribution is 2.33. The molecule has 142 valence electrons. The molecule has 2 aromatic heterocycles. The number of aromatic amines is 1. The van der Waals surface area contributed by atoms with Crippen LogP contribution in [-0.2, 0) is 0 Å². The van der Waals surface area contributed by atoms with Gasteiger partial charge in [-0.1, -0.05) is 38.2 Å². The maximum Gasteiger partial charge on any atom is 0.405 e. The first kappa shape index (κ1) is 18.8. The number of nitrogens with zero attached hydrogens (tertiary/aromatic N) is 2. The number of nitrogens with one attached hydrogen (secondary N) is 3. The minimum atomic E-state index is -0.912. The van der Waals surface area contributed by atoms with E-state index in [0.29, 0.717) is 0 Å². The number of rotatable bonds is 3. The number of pyridine rings is 1. The molecule has 0 spiro atoms. The molecular weight excluding hydrogens is 318 g/mol. The number of H-pyrrole nitrogens is 1. The monoisotopic (exact) mass is 351 g/mol. The van der Waals surface area contributed by atoms with Gasteiger partial charge >= 0.3 is 6.09 Å². The van der Waals surface area contributed by atoms with E-state index < -0.39 is 6.09 Å². The maximum atomic E-state index is 9.94. The molecule has 0 radical (unpaired) electrons. The zero-order valence-corrected chi connectivity index (χ0v) is 14.7. The smallest absolute Gasteiger partial charge is 0.405 e. The van der Waals surface area contributed by atoms with Crippen molar-refractivity contribution in [2.24, 2.45) is 0 Å². The average molecular weight is 351 g/mol. The Morgan fingerprint density at radius 1 is 1.16 bits per heavy atom. The zero-order valence-electron chi connectivity index (χ0n) is 14.7. The first-order valence-corrected chi connectivity index (χ1v) is 8.76. The van der Waals surface area contributed by atoms with Gasteiger partial charge in [-0.3, -0.25) is 5.10 Å². The molecule has 2 saturated carbocycles. The molecule has 4 rings (SSSR count). The molecule has 0 aliphatic heterocycles. The maximum absolute atomic E-state index is 9.94. The summed E-state index contributed by atoms with van der Waals surface area (Å²) < 4.78 is 0. The predicted molar refractivity (Wildman–Crippen MR) is 104 cm³/mol. The minimum Gasteiger partial charge on any atom is -0.465 e. The van der Waals surface area contributed by atoms with E-state index in [0.717, 1.165) is 24.5 Å². The fourth-order valence-electron chi connectivity index (χ4n) is 2.35. The van der Waals surface area contributed by atoms with Crippen LogP contribution in [-0.4, -0.2) is 31.9 Å². The van der Waals surface area contributed by atoms with E-state index in [-0.39, 0.29) is 9.82 Å². The molecule has 0 saturated heterocycles. The topological polar surface area (TPSA) is 103 Å². The number of hydrogen-bond donors (Lipinski definition) is 4. The van der Waals surface area contributed by atoms with Crippen molar-refractivity contribution >= 4 is 17.7 Å². The van der Waals surface area contributed by atoms with Gasteiger partial charge in [0.2, 0.25) is 0 Å². The normalized spacial score (nSPS) is 16.5. The third-order valence-electron chi connectivity index (χ3n) is 4.09. The first-order chi connectivity index (χ1) is 12.1. The van der Waals surface area contributed by atoms with Crippen molar-refractivity contribution in [2.45, 2.75) is 57.4 Å². The number of anilines is 2. The zero-order chi connectivity index (χ0) is 18.0. The van der Waals surface area contributed by atoms with Crippen LogP contribution in [0.25, 0.3) is 0 Å². The van der Waals surface area contributed by atoms with E-state index in [1.165, 1.54) is 32.1 Å². The van der Waals surface area contributed by atoms with E-state index in [1.54, 1.807) is 12.4 Å². The fourth-order valence-corrected chi connectivity index (χ4v) is 2.35. The lowest BCUT2D eigenvalue weighted by Crippen LogP contribution is -2.32. The first-order valence-electron chi connectivity index (χ1n) is 8.76. The van der Waals surface area contributed by atoms with Crippen molar-refractivity contribution in [3.8, 4) is 0 Å². The predicted octanol–water partition coefficient (Wildman–Crippen LogP) is 5.04. The fraction of sp³-hybridized carbons (Fsp3) is 0.500. The summed E-state index contributed by atoms with van der Waals surface area (Å²) in [6.07, 6.45) is 12.0. The Hall–Kier alpha value is -2.57. The van der Waals surface area contributed by atoms with Crippen LogP contribution in [0.3, 0.4) is 0 Å². The second kappa shape index (κ2) is 9.66. The Morgan fingerprint density at radius 3 is 2.24 bits per heavy atom. The second-order valence-corrected chi connectivity index (χ2v) is 6.57. The highest BCUT2D eigenvalue weighted by atomic mass is 16.4. The van der Waals surface area contributed by atoms with Gasteiger partial charge in [-0.15, -0.1) is 0 Å². The molecule has 2 aliphatic rings. The van der Waals surface area contributed by atoms with Gasteiger partial charge in [-0.25, -0.2) is 9.78 Å². The Balaban J connectivity index is 0. The molecule has 1 amide bonds. The molecule has 2 aromatic rings. The van der Waals surface area contributed by atoms with Crippen molar-refractivity contribution in [1.82, 2.24) is 20.5 Å². The molecule has 7 nitrogen and oxygen atoms in total. The number of aromatic nitrogens is 3. The summed E-state index contributed by atoms with van der Waals surface area (Å²) in [5.41, 5.74) is -0.0775. The van der Waals surface area contributed by atoms with E-state index in [2.05, 4.69) is 25.8 Å². The molecule has 2 fully saturated rings. The summed E-state index contributed by atoms with van der Waals surface area (Å²) in [4.78, 5) is 14.0. The van der Waals surface area contributed by atoms with Gasteiger partial charge in [0.05, 0.1) is 6.20 Å². The molecule has 0 bridgehead atoms. The Bertz CT molecular complexity index is 614. The van der Waals surface area contributed by atoms with Crippen molar-refractivity contribution < 1.29 is 14.2 Å². The van der Waals surface area contributed by atoms with Crippen LogP contribution < -0.4 is 10.6 Å². The van der Waals surface area contributed by atoms with E-state index >= 15 is 0 Å². The van der Waals surface area contributed by atoms with Crippen molar-refractivity contribution in [1.29, 1.82) is 0 Å². The SMILES string of the molecule is C1CCCC1.CC1(NC(=O)O)CC1.[HH].[HH].[HH].c1ccc(Nc2ccn[nH]2)nc1. The van der Waals surface area contributed by atoms with Gasteiger partial charge in [-0.2, -0.15) is 5.10 Å². The highest BCUT2D eigenvalue weighted by molar-refractivity contribution is 5.66. The summed E-state index contributed by atoms with van der Waals surface area (Å²) in [6.45, 7) is 1.90. The minimum absolute atomic E-state index is 0. The summed E-state index contributed by atoms with van der Waals surface area (Å²) in [6, 6.07) is 7.53. The van der Waals surface area contributed by atoms with Gasteiger partial charge < -0.3 is 15.7 Å². The lowest BCUT2D eigenvalue weighted by atomic mass is 10.3. The largest absolute Gasteiger partial charge is 0.465 e. The van der Waals surface area contributed by atoms with Gasteiger partial charge in [0.15, 0.2) is 0 Å². The van der Waals surface area contributed by atoms with Crippen molar-refractivity contribution in [3.63, 3.8) is 0 Å². The number of hydrogen-bond acceptors (Lipinski definition) is 4. The molecule has 7 heteroatoms. The number of carbonyl (C=O) groups is 1. The van der Waals surface area contributed by atoms with Crippen LogP contribution >= 0.6 is 0 Å². The summed E-state index contributed by atoms with van der Waals surface area (Å²) >= 11 is 0. The third-order valence-corrected chi connectivity index (χ3v) is 4.09. The molecule has 4 N–H and O–H groups in total.